The summed E-state index contributed by atoms with van der Waals surface area (Å²) in [5.41, 5.74) is 9.82. The van der Waals surface area contributed by atoms with Crippen LogP contribution in [0.4, 0.5) is 0 Å². The van der Waals surface area contributed by atoms with E-state index in [4.69, 9.17) is 5.73 Å². The third kappa shape index (κ3) is 29.6. The minimum atomic E-state index is 0. The van der Waals surface area contributed by atoms with E-state index in [1.54, 1.807) is 24.7 Å². The number of nitrogens with two attached hydrogens (primary N) is 1. The van der Waals surface area contributed by atoms with Crippen molar-refractivity contribution in [3.05, 3.63) is 132 Å². The van der Waals surface area contributed by atoms with Crippen LogP contribution in [0.3, 0.4) is 0 Å². The van der Waals surface area contributed by atoms with Crippen LogP contribution >= 0.6 is 0 Å². The third-order valence-corrected chi connectivity index (χ3v) is 5.08. The molecule has 45 heavy (non-hydrogen) atoms. The number of ketones is 1. The molecule has 0 amide bonds. The molecule has 0 aliphatic heterocycles. The zero-order valence-electron chi connectivity index (χ0n) is 28.4. The van der Waals surface area contributed by atoms with Gasteiger partial charge in [0, 0.05) is 44.2 Å². The van der Waals surface area contributed by atoms with E-state index >= 15 is 0 Å². The minimum absolute atomic E-state index is 0. The second-order valence-corrected chi connectivity index (χ2v) is 7.84. The number of aliphatic imine (C=N–C) groups is 1. The summed E-state index contributed by atoms with van der Waals surface area (Å²) < 4.78 is 0. The summed E-state index contributed by atoms with van der Waals surface area (Å²) in [6.07, 6.45) is 11.3. The smallest absolute Gasteiger partial charge is 0.235 e. The van der Waals surface area contributed by atoms with Gasteiger partial charge in [-0.25, -0.2) is 9.79 Å². The zero-order chi connectivity index (χ0) is 33.7. The number of carbonyl (C=O) groups excluding carboxylic acids is 2. The lowest BCUT2D eigenvalue weighted by atomic mass is 10.0. The summed E-state index contributed by atoms with van der Waals surface area (Å²) in [6.45, 7) is 17.0. The molecule has 0 atom stereocenters. The molecule has 0 saturated heterocycles. The first-order valence-electron chi connectivity index (χ1n) is 15.8. The maximum atomic E-state index is 11.8. The number of hydrogen-bond acceptors (Lipinski definition) is 6. The lowest BCUT2D eigenvalue weighted by Crippen LogP contribution is -2.02. The van der Waals surface area contributed by atoms with Gasteiger partial charge in [-0.1, -0.05) is 136 Å². The molecular formula is C39H60N4O2. The van der Waals surface area contributed by atoms with Crippen molar-refractivity contribution >= 4 is 11.9 Å². The largest absolute Gasteiger partial charge is 0.326 e. The van der Waals surface area contributed by atoms with E-state index in [0.717, 1.165) is 24.0 Å². The van der Waals surface area contributed by atoms with Crippen molar-refractivity contribution in [2.24, 2.45) is 10.7 Å². The molecule has 0 bridgehead atoms. The Labute approximate surface area is 275 Å². The van der Waals surface area contributed by atoms with Gasteiger partial charge >= 0.3 is 0 Å². The quantitative estimate of drug-likeness (QED) is 0.149. The van der Waals surface area contributed by atoms with Gasteiger partial charge in [-0.2, -0.15) is 0 Å². The predicted molar refractivity (Wildman–Crippen MR) is 195 cm³/mol. The van der Waals surface area contributed by atoms with Gasteiger partial charge in [0.1, 0.15) is 5.78 Å². The molecule has 2 heterocycles. The number of aryl methyl sites for hydroxylation is 2. The minimum Gasteiger partial charge on any atom is -0.326 e. The first-order valence-corrected chi connectivity index (χ1v) is 15.8. The number of hydrogen-bond donors (Lipinski definition) is 1. The molecule has 0 fully saturated rings. The van der Waals surface area contributed by atoms with Crippen molar-refractivity contribution in [3.8, 4) is 0 Å². The number of pyridine rings is 2. The fraction of sp³-hybridized carbons (Fsp3) is 0.385. The normalized spacial score (nSPS) is 8.11. The number of rotatable bonds is 9. The molecule has 0 unspecified atom stereocenters. The molecule has 6 heteroatoms. The number of aromatic nitrogens is 2. The van der Waals surface area contributed by atoms with E-state index in [1.165, 1.54) is 17.2 Å². The van der Waals surface area contributed by atoms with E-state index in [9.17, 15) is 9.59 Å². The summed E-state index contributed by atoms with van der Waals surface area (Å²) in [7, 11) is 0. The molecule has 248 valence electrons. The Bertz CT molecular complexity index is 1110. The standard InChI is InChI=1S/C16H17NO.C7H6N2O.C7H9N.4C2H6.CH4/c18-16(10-8-14-5-2-1-3-6-14)11-9-15-7-4-12-17-13-15;10-6-9-5-7-2-1-3-8-4-7;8-6-7-4-2-1-3-5-7;4*1-2;/h1-7,12-13H,8-11H2;1-4H,5H2;1-5H,6,8H2;4*1-2H3;1H4. The first-order chi connectivity index (χ1) is 21.7. The molecular weight excluding hydrogens is 556 g/mol. The Morgan fingerprint density at radius 1 is 0.622 bits per heavy atom. The molecule has 0 aliphatic carbocycles. The highest BCUT2D eigenvalue weighted by atomic mass is 16.1. The van der Waals surface area contributed by atoms with Crippen molar-refractivity contribution < 1.29 is 9.59 Å². The average Bonchev–Trinajstić information content (AvgIpc) is 3.14. The Balaban J connectivity index is -0.000000266. The van der Waals surface area contributed by atoms with Gasteiger partial charge in [-0.3, -0.25) is 14.8 Å². The molecule has 2 aromatic carbocycles. The number of nitrogens with zero attached hydrogens (tertiary/aromatic N) is 3. The van der Waals surface area contributed by atoms with Gasteiger partial charge in [0.2, 0.25) is 6.08 Å². The monoisotopic (exact) mass is 616 g/mol. The van der Waals surface area contributed by atoms with Gasteiger partial charge in [-0.05, 0) is 47.2 Å². The molecule has 6 nitrogen and oxygen atoms in total. The molecule has 0 radical (unpaired) electrons. The molecule has 2 N–H and O–H groups in total. The van der Waals surface area contributed by atoms with E-state index in [2.05, 4.69) is 27.1 Å². The van der Waals surface area contributed by atoms with Crippen molar-refractivity contribution in [1.82, 2.24) is 9.97 Å². The van der Waals surface area contributed by atoms with E-state index in [1.807, 2.05) is 128 Å². The molecule has 0 aliphatic rings. The summed E-state index contributed by atoms with van der Waals surface area (Å²) in [5.74, 6) is 0.322. The third-order valence-electron chi connectivity index (χ3n) is 5.08. The van der Waals surface area contributed by atoms with Crippen LogP contribution in [0.2, 0.25) is 0 Å². The fourth-order valence-corrected chi connectivity index (χ4v) is 3.11. The fourth-order valence-electron chi connectivity index (χ4n) is 3.11. The van der Waals surface area contributed by atoms with Crippen molar-refractivity contribution in [3.63, 3.8) is 0 Å². The highest BCUT2D eigenvalue weighted by Crippen LogP contribution is 2.07. The zero-order valence-corrected chi connectivity index (χ0v) is 28.4. The number of Topliss-reactive ketones (excluding diaryl/α,β-unsaturated/α-hetero) is 1. The number of carbonyl (C=O) groups is 1. The molecule has 2 aromatic heterocycles. The summed E-state index contributed by atoms with van der Waals surface area (Å²) in [5, 5.41) is 0. The van der Waals surface area contributed by atoms with Crippen LogP contribution < -0.4 is 5.73 Å². The van der Waals surface area contributed by atoms with Gasteiger partial charge in [0.25, 0.3) is 0 Å². The predicted octanol–water partition coefficient (Wildman–Crippen LogP) is 10.0. The summed E-state index contributed by atoms with van der Waals surface area (Å²) >= 11 is 0. The topological polar surface area (TPSA) is 98.3 Å². The van der Waals surface area contributed by atoms with Crippen molar-refractivity contribution in [2.45, 2.75) is 102 Å². The van der Waals surface area contributed by atoms with E-state index in [0.29, 0.717) is 31.7 Å². The SMILES string of the molecule is C.CC.CC.CC.CC.NCc1ccccc1.O=C(CCc1ccccc1)CCc1cccnc1.O=C=NCc1cccnc1. The van der Waals surface area contributed by atoms with Crippen LogP contribution in [0, 0.1) is 0 Å². The Morgan fingerprint density at radius 2 is 1.02 bits per heavy atom. The van der Waals surface area contributed by atoms with Crippen molar-refractivity contribution in [2.75, 3.05) is 0 Å². The average molecular weight is 617 g/mol. The van der Waals surface area contributed by atoms with E-state index < -0.39 is 0 Å². The van der Waals surface area contributed by atoms with Crippen LogP contribution in [0.25, 0.3) is 0 Å². The summed E-state index contributed by atoms with van der Waals surface area (Å²) in [6, 6.07) is 27.7. The lowest BCUT2D eigenvalue weighted by Gasteiger charge is -2.02. The van der Waals surface area contributed by atoms with E-state index in [-0.39, 0.29) is 7.43 Å². The molecule has 0 saturated carbocycles. The maximum absolute atomic E-state index is 11.8. The Kier molecular flexibility index (Phi) is 42.1. The van der Waals surface area contributed by atoms with Crippen LogP contribution in [-0.2, 0) is 35.5 Å². The van der Waals surface area contributed by atoms with Crippen LogP contribution in [0.15, 0.2) is 115 Å². The van der Waals surface area contributed by atoms with Crippen LogP contribution in [0.1, 0.15) is 97.9 Å². The lowest BCUT2D eigenvalue weighted by molar-refractivity contribution is -0.119. The summed E-state index contributed by atoms with van der Waals surface area (Å²) in [4.78, 5) is 32.7. The molecule has 4 aromatic rings. The second-order valence-electron chi connectivity index (χ2n) is 7.84. The van der Waals surface area contributed by atoms with Gasteiger partial charge in [0.15, 0.2) is 0 Å². The highest BCUT2D eigenvalue weighted by molar-refractivity contribution is 5.78. The Hall–Kier alpha value is -4.25. The first kappa shape index (κ1) is 47.7. The number of benzene rings is 2. The Morgan fingerprint density at radius 3 is 1.40 bits per heavy atom. The maximum Gasteiger partial charge on any atom is 0.235 e. The molecule has 0 spiro atoms. The highest BCUT2D eigenvalue weighted by Gasteiger charge is 2.03. The second kappa shape index (κ2) is 39.8. The van der Waals surface area contributed by atoms with Gasteiger partial charge in [0.05, 0.1) is 6.54 Å². The van der Waals surface area contributed by atoms with Crippen LogP contribution in [-0.4, -0.2) is 21.8 Å². The van der Waals surface area contributed by atoms with Crippen LogP contribution in [0.5, 0.6) is 0 Å². The van der Waals surface area contributed by atoms with Crippen molar-refractivity contribution in [1.29, 1.82) is 0 Å². The van der Waals surface area contributed by atoms with Gasteiger partial charge in [-0.15, -0.1) is 0 Å². The van der Waals surface area contributed by atoms with Gasteiger partial charge < -0.3 is 5.73 Å². The molecule has 4 rings (SSSR count). The number of isocyanates is 1.